The fourth-order valence-electron chi connectivity index (χ4n) is 2.05. The summed E-state index contributed by atoms with van der Waals surface area (Å²) in [6.45, 7) is 2.80. The average Bonchev–Trinajstić information content (AvgIpc) is 2.74. The van der Waals surface area contributed by atoms with Crippen LogP contribution < -0.4 is 0 Å². The molecule has 1 aliphatic rings. The Morgan fingerprint density at radius 1 is 1.56 bits per heavy atom. The van der Waals surface area contributed by atoms with E-state index in [4.69, 9.17) is 14.3 Å². The summed E-state index contributed by atoms with van der Waals surface area (Å²) in [6, 6.07) is 1.18. The van der Waals surface area contributed by atoms with E-state index >= 15 is 0 Å². The lowest BCUT2D eigenvalue weighted by molar-refractivity contribution is -0.139. The molecule has 0 aromatic carbocycles. The minimum Gasteiger partial charge on any atom is -0.481 e. The highest BCUT2D eigenvalue weighted by atomic mass is 16.5. The van der Waals surface area contributed by atoms with Crippen LogP contribution in [0.1, 0.15) is 22.5 Å². The highest BCUT2D eigenvalue weighted by Crippen LogP contribution is 2.18. The number of hydrogen-bond donors (Lipinski definition) is 1. The van der Waals surface area contributed by atoms with E-state index < -0.39 is 12.0 Å². The van der Waals surface area contributed by atoms with Crippen LogP contribution in [0, 0.1) is 6.92 Å². The van der Waals surface area contributed by atoms with Crippen molar-refractivity contribution in [1.29, 1.82) is 0 Å². The topological polar surface area (TPSA) is 80.0 Å². The summed E-state index contributed by atoms with van der Waals surface area (Å²) in [4.78, 5) is 24.6. The zero-order chi connectivity index (χ0) is 13.1. The fourth-order valence-corrected chi connectivity index (χ4v) is 2.05. The number of furan rings is 1. The number of aliphatic carboxylic acids is 1. The van der Waals surface area contributed by atoms with Gasteiger partial charge in [-0.2, -0.15) is 0 Å². The van der Waals surface area contributed by atoms with Crippen LogP contribution in [0.4, 0.5) is 0 Å². The Bertz CT molecular complexity index is 453. The minimum atomic E-state index is -0.938. The Kier molecular flexibility index (Phi) is 3.66. The van der Waals surface area contributed by atoms with Crippen LogP contribution in [0.3, 0.4) is 0 Å². The second-order valence-corrected chi connectivity index (χ2v) is 4.22. The van der Waals surface area contributed by atoms with Crippen molar-refractivity contribution in [1.82, 2.24) is 4.90 Å². The predicted molar refractivity (Wildman–Crippen MR) is 61.3 cm³/mol. The number of morpholine rings is 1. The van der Waals surface area contributed by atoms with Crippen LogP contribution in [-0.4, -0.2) is 47.7 Å². The molecule has 1 fully saturated rings. The molecule has 1 aromatic rings. The van der Waals surface area contributed by atoms with Gasteiger partial charge in [-0.25, -0.2) is 0 Å². The van der Waals surface area contributed by atoms with Crippen molar-refractivity contribution in [3.63, 3.8) is 0 Å². The smallest absolute Gasteiger partial charge is 0.305 e. The molecular weight excluding hydrogens is 238 g/mol. The van der Waals surface area contributed by atoms with Crippen molar-refractivity contribution in [2.24, 2.45) is 0 Å². The van der Waals surface area contributed by atoms with Crippen molar-refractivity contribution >= 4 is 11.9 Å². The van der Waals surface area contributed by atoms with Crippen LogP contribution >= 0.6 is 0 Å². The van der Waals surface area contributed by atoms with Crippen LogP contribution in [0.25, 0.3) is 0 Å². The van der Waals surface area contributed by atoms with Gasteiger partial charge in [0.15, 0.2) is 0 Å². The van der Waals surface area contributed by atoms with Crippen LogP contribution in [-0.2, 0) is 9.53 Å². The molecule has 1 saturated heterocycles. The van der Waals surface area contributed by atoms with Crippen molar-refractivity contribution < 1.29 is 23.8 Å². The summed E-state index contributed by atoms with van der Waals surface area (Å²) in [6.07, 6.45) is 1.35. The van der Waals surface area contributed by atoms with Gasteiger partial charge in [-0.05, 0) is 13.0 Å². The van der Waals surface area contributed by atoms with Crippen molar-refractivity contribution in [2.75, 3.05) is 19.8 Å². The van der Waals surface area contributed by atoms with E-state index in [9.17, 15) is 9.59 Å². The summed E-state index contributed by atoms with van der Waals surface area (Å²) in [5.41, 5.74) is 0.479. The van der Waals surface area contributed by atoms with Gasteiger partial charge in [-0.1, -0.05) is 0 Å². The monoisotopic (exact) mass is 253 g/mol. The molecule has 98 valence electrons. The molecule has 18 heavy (non-hydrogen) atoms. The average molecular weight is 253 g/mol. The number of rotatable bonds is 3. The van der Waals surface area contributed by atoms with E-state index in [0.29, 0.717) is 24.5 Å². The number of hydrogen-bond acceptors (Lipinski definition) is 4. The third kappa shape index (κ3) is 2.53. The van der Waals surface area contributed by atoms with E-state index in [1.165, 1.54) is 6.26 Å². The molecule has 0 radical (unpaired) electrons. The number of carbonyl (C=O) groups excluding carboxylic acids is 1. The van der Waals surface area contributed by atoms with Gasteiger partial charge in [0.05, 0.1) is 37.5 Å². The van der Waals surface area contributed by atoms with Gasteiger partial charge in [-0.15, -0.1) is 0 Å². The molecule has 2 heterocycles. The molecule has 0 bridgehead atoms. The molecule has 0 aliphatic carbocycles. The van der Waals surface area contributed by atoms with Gasteiger partial charge in [0, 0.05) is 6.54 Å². The number of carboxylic acid groups (broad SMARTS) is 1. The molecule has 6 heteroatoms. The Hall–Kier alpha value is -1.82. The lowest BCUT2D eigenvalue weighted by Crippen LogP contribution is -2.49. The number of nitrogens with zero attached hydrogens (tertiary/aromatic N) is 1. The molecule has 2 rings (SSSR count). The lowest BCUT2D eigenvalue weighted by atomic mass is 10.1. The first-order valence-electron chi connectivity index (χ1n) is 5.74. The Morgan fingerprint density at radius 2 is 2.33 bits per heavy atom. The quantitative estimate of drug-likeness (QED) is 0.865. The molecule has 0 saturated carbocycles. The molecule has 0 unspecified atom stereocenters. The third-order valence-corrected chi connectivity index (χ3v) is 2.99. The first-order valence-corrected chi connectivity index (χ1v) is 5.74. The highest BCUT2D eigenvalue weighted by molar-refractivity contribution is 5.95. The lowest BCUT2D eigenvalue weighted by Gasteiger charge is -2.34. The van der Waals surface area contributed by atoms with Crippen LogP contribution in [0.5, 0.6) is 0 Å². The maximum atomic E-state index is 12.3. The van der Waals surface area contributed by atoms with Gasteiger partial charge in [0.2, 0.25) is 0 Å². The molecule has 1 atom stereocenters. The number of carboxylic acids is 1. The molecule has 1 aromatic heterocycles. The summed E-state index contributed by atoms with van der Waals surface area (Å²) in [5, 5.41) is 8.84. The molecule has 1 aliphatic heterocycles. The molecular formula is C12H15NO5. The van der Waals surface area contributed by atoms with Gasteiger partial charge in [0.1, 0.15) is 5.76 Å². The first kappa shape index (κ1) is 12.6. The molecule has 6 nitrogen and oxygen atoms in total. The summed E-state index contributed by atoms with van der Waals surface area (Å²) in [7, 11) is 0. The van der Waals surface area contributed by atoms with Crippen LogP contribution in [0.2, 0.25) is 0 Å². The fraction of sp³-hybridized carbons (Fsp3) is 0.500. The first-order chi connectivity index (χ1) is 8.59. The summed E-state index contributed by atoms with van der Waals surface area (Å²) >= 11 is 0. The summed E-state index contributed by atoms with van der Waals surface area (Å²) in [5.74, 6) is -0.594. The SMILES string of the molecule is Cc1occc1C(=O)N1CCOC[C@H]1CC(=O)O. The van der Waals surface area contributed by atoms with E-state index in [2.05, 4.69) is 0 Å². The Balaban J connectivity index is 2.16. The van der Waals surface area contributed by atoms with E-state index in [1.807, 2.05) is 0 Å². The Morgan fingerprint density at radius 3 is 2.94 bits per heavy atom. The van der Waals surface area contributed by atoms with Crippen molar-refractivity contribution in [3.05, 3.63) is 23.7 Å². The minimum absolute atomic E-state index is 0.108. The Labute approximate surface area is 104 Å². The molecule has 0 spiro atoms. The van der Waals surface area contributed by atoms with Crippen molar-refractivity contribution in [2.45, 2.75) is 19.4 Å². The molecule has 1 N–H and O–H groups in total. The number of amides is 1. The second-order valence-electron chi connectivity index (χ2n) is 4.22. The van der Waals surface area contributed by atoms with Gasteiger partial charge < -0.3 is 19.2 Å². The van der Waals surface area contributed by atoms with Gasteiger partial charge >= 0.3 is 5.97 Å². The number of aryl methyl sites for hydroxylation is 1. The normalized spacial score (nSPS) is 19.8. The van der Waals surface area contributed by atoms with E-state index in [0.717, 1.165) is 0 Å². The highest BCUT2D eigenvalue weighted by Gasteiger charge is 2.30. The zero-order valence-electron chi connectivity index (χ0n) is 10.1. The predicted octanol–water partition coefficient (Wildman–Crippen LogP) is 0.904. The number of carbonyl (C=O) groups is 2. The number of ether oxygens (including phenoxy) is 1. The van der Waals surface area contributed by atoms with Crippen LogP contribution in [0.15, 0.2) is 16.7 Å². The largest absolute Gasteiger partial charge is 0.481 e. The van der Waals surface area contributed by atoms with Gasteiger partial charge in [-0.3, -0.25) is 9.59 Å². The van der Waals surface area contributed by atoms with Crippen molar-refractivity contribution in [3.8, 4) is 0 Å². The second kappa shape index (κ2) is 5.22. The third-order valence-electron chi connectivity index (χ3n) is 2.99. The van der Waals surface area contributed by atoms with E-state index in [1.54, 1.807) is 17.9 Å². The maximum Gasteiger partial charge on any atom is 0.305 e. The van der Waals surface area contributed by atoms with Gasteiger partial charge in [0.25, 0.3) is 5.91 Å². The van der Waals surface area contributed by atoms with E-state index in [-0.39, 0.29) is 18.9 Å². The standard InChI is InChI=1S/C12H15NO5/c1-8-10(2-4-18-8)12(16)13-3-5-17-7-9(13)6-11(14)15/h2,4,9H,3,5-7H2,1H3,(H,14,15)/t9-/m1/s1. The molecule has 1 amide bonds. The zero-order valence-corrected chi connectivity index (χ0v) is 10.1. The maximum absolute atomic E-state index is 12.3. The summed E-state index contributed by atoms with van der Waals surface area (Å²) < 4.78 is 10.3.